The third-order valence-corrected chi connectivity index (χ3v) is 7.51. The number of likely N-dealkylation sites (tertiary alicyclic amines) is 1. The van der Waals surface area contributed by atoms with E-state index in [-0.39, 0.29) is 18.3 Å². The van der Waals surface area contributed by atoms with Crippen LogP contribution in [0.15, 0.2) is 60.0 Å². The third-order valence-electron chi connectivity index (χ3n) is 6.47. The van der Waals surface area contributed by atoms with Crippen molar-refractivity contribution in [2.24, 2.45) is 0 Å². The minimum absolute atomic E-state index is 0.0206. The van der Waals surface area contributed by atoms with Gasteiger partial charge in [-0.3, -0.25) is 9.59 Å². The number of Topliss-reactive ketones (excluding diaryl/α,β-unsaturated/α-hetero) is 1. The summed E-state index contributed by atoms with van der Waals surface area (Å²) in [7, 11) is 0. The predicted octanol–water partition coefficient (Wildman–Crippen LogP) is 4.37. The molecule has 1 aliphatic heterocycles. The van der Waals surface area contributed by atoms with E-state index in [9.17, 15) is 24.2 Å². The number of amides is 1. The van der Waals surface area contributed by atoms with Crippen LogP contribution in [0, 0.1) is 12.7 Å². The highest BCUT2D eigenvalue weighted by molar-refractivity contribution is 7.10. The van der Waals surface area contributed by atoms with Crippen LogP contribution in [-0.2, 0) is 22.4 Å². The van der Waals surface area contributed by atoms with E-state index in [2.05, 4.69) is 0 Å². The summed E-state index contributed by atoms with van der Waals surface area (Å²) < 4.78 is 13.4. The Morgan fingerprint density at radius 3 is 2.66 bits per heavy atom. The van der Waals surface area contributed by atoms with Gasteiger partial charge in [-0.1, -0.05) is 42.0 Å². The molecule has 0 bridgehead atoms. The number of aliphatic hydroxyl groups excluding tert-OH is 2. The molecule has 2 aromatic carbocycles. The number of hydrogen-bond acceptors (Lipinski definition) is 5. The second-order valence-corrected chi connectivity index (χ2v) is 10.2. The number of carbonyl (C=O) groups is 2. The number of benzene rings is 2. The van der Waals surface area contributed by atoms with Gasteiger partial charge in [0.05, 0.1) is 6.04 Å². The van der Waals surface area contributed by atoms with Crippen LogP contribution in [-0.4, -0.2) is 45.6 Å². The molecule has 3 atom stereocenters. The number of nitrogens with zero attached hydrogens (tertiary/aromatic N) is 1. The van der Waals surface area contributed by atoms with Gasteiger partial charge >= 0.3 is 0 Å². The largest absolute Gasteiger partial charge is 0.382 e. The Bertz CT molecular complexity index is 1190. The highest BCUT2D eigenvalue weighted by atomic mass is 32.1. The Balaban J connectivity index is 1.32. The van der Waals surface area contributed by atoms with E-state index >= 15 is 0 Å². The highest BCUT2D eigenvalue weighted by Crippen LogP contribution is 2.33. The lowest BCUT2D eigenvalue weighted by molar-refractivity contribution is -0.153. The number of rotatable bonds is 9. The van der Waals surface area contributed by atoms with Crippen molar-refractivity contribution in [3.63, 3.8) is 0 Å². The second-order valence-electron chi connectivity index (χ2n) is 9.19. The molecule has 184 valence electrons. The fraction of sp³-hybridized carbons (Fsp3) is 0.357. The lowest BCUT2D eigenvalue weighted by Crippen LogP contribution is -2.47. The van der Waals surface area contributed by atoms with Gasteiger partial charge in [0.25, 0.3) is 5.91 Å². The van der Waals surface area contributed by atoms with Gasteiger partial charge in [0.2, 0.25) is 0 Å². The molecule has 1 saturated heterocycles. The van der Waals surface area contributed by atoms with E-state index in [1.165, 1.54) is 23.5 Å². The van der Waals surface area contributed by atoms with Crippen molar-refractivity contribution in [2.75, 3.05) is 6.54 Å². The first-order valence-electron chi connectivity index (χ1n) is 11.9. The summed E-state index contributed by atoms with van der Waals surface area (Å²) in [6.45, 7) is 2.47. The summed E-state index contributed by atoms with van der Waals surface area (Å²) in [6, 6.07) is 16.2. The van der Waals surface area contributed by atoms with Crippen LogP contribution in [0.2, 0.25) is 0 Å². The Morgan fingerprint density at radius 1 is 1.09 bits per heavy atom. The minimum atomic E-state index is -1.78. The first-order valence-corrected chi connectivity index (χ1v) is 12.8. The Morgan fingerprint density at radius 2 is 1.89 bits per heavy atom. The monoisotopic (exact) mass is 495 g/mol. The van der Waals surface area contributed by atoms with Crippen LogP contribution in [0.3, 0.4) is 0 Å². The lowest BCUT2D eigenvalue weighted by atomic mass is 10.0. The Labute approximate surface area is 208 Å². The van der Waals surface area contributed by atoms with Crippen molar-refractivity contribution in [3.05, 3.63) is 92.9 Å². The third kappa shape index (κ3) is 6.23. The van der Waals surface area contributed by atoms with Crippen molar-refractivity contribution in [1.82, 2.24) is 4.90 Å². The Kier molecular flexibility index (Phi) is 8.11. The smallest absolute Gasteiger partial charge is 0.255 e. The molecule has 4 rings (SSSR count). The maximum Gasteiger partial charge on any atom is 0.255 e. The SMILES string of the molecule is Cc1cccc(C2CCCN2C(=O)[C@H](O)[C@@H](O)C(=O)CCc2cc(Cc3cccc(F)c3)cs2)c1. The van der Waals surface area contributed by atoms with Gasteiger partial charge < -0.3 is 15.1 Å². The molecule has 7 heteroatoms. The molecular weight excluding hydrogens is 465 g/mol. The zero-order valence-electron chi connectivity index (χ0n) is 19.7. The van der Waals surface area contributed by atoms with Crippen LogP contribution < -0.4 is 0 Å². The standard InChI is InChI=1S/C28H30FNO4S/c1-18-5-2-7-21(13-18)24-9-4-12-30(24)28(34)27(33)26(32)25(31)11-10-23-16-20(17-35-23)14-19-6-3-8-22(29)15-19/h2-3,5-8,13,15-17,24,26-27,32-33H,4,9-12,14H2,1H3/t24?,26-,27+/m0/s1. The molecule has 1 amide bonds. The van der Waals surface area contributed by atoms with Crippen LogP contribution >= 0.6 is 11.3 Å². The second kappa shape index (κ2) is 11.2. The summed E-state index contributed by atoms with van der Waals surface area (Å²) in [4.78, 5) is 28.1. The number of hydrogen-bond donors (Lipinski definition) is 2. The molecule has 0 saturated carbocycles. The summed E-state index contributed by atoms with van der Waals surface area (Å²) in [5.74, 6) is -1.44. The topological polar surface area (TPSA) is 77.8 Å². The first kappa shape index (κ1) is 25.2. The zero-order chi connectivity index (χ0) is 24.9. The number of halogens is 1. The molecule has 0 spiro atoms. The van der Waals surface area contributed by atoms with Crippen LogP contribution in [0.5, 0.6) is 0 Å². The van der Waals surface area contributed by atoms with Crippen LogP contribution in [0.25, 0.3) is 0 Å². The van der Waals surface area contributed by atoms with Crippen molar-refractivity contribution in [3.8, 4) is 0 Å². The maximum absolute atomic E-state index is 13.4. The average molecular weight is 496 g/mol. The van der Waals surface area contributed by atoms with Gasteiger partial charge in [-0.25, -0.2) is 4.39 Å². The molecule has 3 aromatic rings. The number of aliphatic hydroxyl groups is 2. The van der Waals surface area contributed by atoms with Gasteiger partial charge in [0.15, 0.2) is 11.9 Å². The number of aryl methyl sites for hydroxylation is 2. The molecule has 1 aliphatic rings. The summed E-state index contributed by atoms with van der Waals surface area (Å²) in [6.07, 6.45) is -0.935. The van der Waals surface area contributed by atoms with E-state index < -0.39 is 23.9 Å². The van der Waals surface area contributed by atoms with E-state index in [1.54, 1.807) is 11.0 Å². The van der Waals surface area contributed by atoms with E-state index in [0.29, 0.717) is 19.4 Å². The molecular formula is C28H30FNO4S. The van der Waals surface area contributed by atoms with Gasteiger partial charge in [0.1, 0.15) is 11.9 Å². The average Bonchev–Trinajstić information content (AvgIpc) is 3.51. The molecule has 0 aliphatic carbocycles. The van der Waals surface area contributed by atoms with E-state index in [4.69, 9.17) is 0 Å². The van der Waals surface area contributed by atoms with Crippen molar-refractivity contribution < 1.29 is 24.2 Å². The summed E-state index contributed by atoms with van der Waals surface area (Å²) >= 11 is 1.50. The molecule has 5 nitrogen and oxygen atoms in total. The molecule has 35 heavy (non-hydrogen) atoms. The zero-order valence-corrected chi connectivity index (χ0v) is 20.5. The highest BCUT2D eigenvalue weighted by Gasteiger charge is 2.38. The van der Waals surface area contributed by atoms with E-state index in [0.717, 1.165) is 40.0 Å². The molecule has 1 aromatic heterocycles. The summed E-state index contributed by atoms with van der Waals surface area (Å²) in [5.41, 5.74) is 3.98. The summed E-state index contributed by atoms with van der Waals surface area (Å²) in [5, 5.41) is 22.9. The first-order chi connectivity index (χ1) is 16.8. The van der Waals surface area contributed by atoms with Gasteiger partial charge in [0, 0.05) is 17.8 Å². The predicted molar refractivity (Wildman–Crippen MR) is 134 cm³/mol. The van der Waals surface area contributed by atoms with Gasteiger partial charge in [-0.15, -0.1) is 11.3 Å². The van der Waals surface area contributed by atoms with Crippen LogP contribution in [0.4, 0.5) is 4.39 Å². The quantitative estimate of drug-likeness (QED) is 0.462. The molecule has 2 N–H and O–H groups in total. The van der Waals surface area contributed by atoms with Gasteiger partial charge in [-0.05, 0) is 72.9 Å². The lowest BCUT2D eigenvalue weighted by Gasteiger charge is -2.28. The van der Waals surface area contributed by atoms with Crippen molar-refractivity contribution in [1.29, 1.82) is 0 Å². The van der Waals surface area contributed by atoms with Crippen molar-refractivity contribution in [2.45, 2.75) is 57.3 Å². The molecule has 1 fully saturated rings. The Hall–Kier alpha value is -2.87. The fourth-order valence-electron chi connectivity index (χ4n) is 4.66. The number of thiophene rings is 1. The molecule has 2 heterocycles. The number of ketones is 1. The van der Waals surface area contributed by atoms with Gasteiger partial charge in [-0.2, -0.15) is 0 Å². The fourth-order valence-corrected chi connectivity index (χ4v) is 5.56. The van der Waals surface area contributed by atoms with Crippen LogP contribution in [0.1, 0.15) is 52.4 Å². The van der Waals surface area contributed by atoms with E-state index in [1.807, 2.05) is 48.7 Å². The normalized spacial score (nSPS) is 17.4. The van der Waals surface area contributed by atoms with Crippen molar-refractivity contribution >= 4 is 23.0 Å². The molecule has 1 unspecified atom stereocenters. The maximum atomic E-state index is 13.4. The number of carbonyl (C=O) groups excluding carboxylic acids is 2. The molecule has 0 radical (unpaired) electrons. The minimum Gasteiger partial charge on any atom is -0.382 e.